The Balaban J connectivity index is -0.000000886. The van der Waals surface area contributed by atoms with E-state index in [9.17, 15) is 19.8 Å². The molecule has 0 aromatic heterocycles. The average Bonchev–Trinajstić information content (AvgIpc) is 3.10. The number of hydrogen-bond donors (Lipinski definition) is 0. The molecule has 0 radical (unpaired) electrons. The molecule has 0 unspecified atom stereocenters. The van der Waals surface area contributed by atoms with Gasteiger partial charge in [0.05, 0.1) is 0 Å². The van der Waals surface area contributed by atoms with Crippen molar-refractivity contribution in [2.45, 2.75) is 284 Å². The van der Waals surface area contributed by atoms with E-state index in [1.165, 1.54) is 231 Å². The van der Waals surface area contributed by atoms with Gasteiger partial charge in [-0.1, -0.05) is 258 Å². The molecular weight excluding hydrogens is 704 g/mol. The monoisotopic (exact) mass is 795 g/mol. The zero-order valence-corrected chi connectivity index (χ0v) is 38.5. The second-order valence-electron chi connectivity index (χ2n) is 15.7. The van der Waals surface area contributed by atoms with Gasteiger partial charge < -0.3 is 19.8 Å². The Labute approximate surface area is 357 Å². The molecule has 51 heavy (non-hydrogen) atoms. The van der Waals surface area contributed by atoms with Gasteiger partial charge in [0.15, 0.2) is 0 Å². The maximum atomic E-state index is 10.3. The van der Waals surface area contributed by atoms with Crippen LogP contribution < -0.4 is 10.2 Å². The van der Waals surface area contributed by atoms with E-state index in [4.69, 9.17) is 0 Å². The third kappa shape index (κ3) is 59.9. The SMILES string of the molecule is CCCCCCCCCCCCCCCCCCCCCCC(=O)[O-].CCCCCCCCCCCCCCCCCCCCCCC(=O)[O-].[Sr+2]. The van der Waals surface area contributed by atoms with E-state index >= 15 is 0 Å². The standard InChI is InChI=1S/2C23H46O2.Sr/c2*1-2-3-4-5-6-7-8-9-10-11-12-13-14-15-16-17-18-19-20-21-22-23(24)25;/h2*2-22H2,1H3,(H,24,25);/q;;+2/p-2. The number of unbranched alkanes of at least 4 members (excludes halogenated alkanes) is 38. The number of carboxylic acid groups (broad SMARTS) is 2. The maximum Gasteiger partial charge on any atom is 2.00 e. The second-order valence-corrected chi connectivity index (χ2v) is 15.7. The summed E-state index contributed by atoms with van der Waals surface area (Å²) in [7, 11) is 0. The van der Waals surface area contributed by atoms with Crippen molar-refractivity contribution in [2.24, 2.45) is 0 Å². The van der Waals surface area contributed by atoms with Gasteiger partial charge >= 0.3 is 45.5 Å². The fraction of sp³-hybridized carbons (Fsp3) is 0.957. The number of carbonyl (C=O) groups is 2. The molecule has 0 aliphatic rings. The Morgan fingerprint density at radius 3 is 0.490 bits per heavy atom. The number of rotatable bonds is 42. The van der Waals surface area contributed by atoms with Crippen LogP contribution in [-0.2, 0) is 9.59 Å². The quantitative estimate of drug-likeness (QED) is 0.0455. The van der Waals surface area contributed by atoms with Crippen LogP contribution in [0.15, 0.2) is 0 Å². The Hall–Kier alpha value is 0.421. The van der Waals surface area contributed by atoms with Crippen LogP contribution in [0.25, 0.3) is 0 Å². The van der Waals surface area contributed by atoms with Crippen molar-refractivity contribution in [2.75, 3.05) is 0 Å². The minimum absolute atomic E-state index is 0. The Kier molecular flexibility index (Phi) is 57.4. The van der Waals surface area contributed by atoms with Gasteiger partial charge in [0.2, 0.25) is 0 Å². The van der Waals surface area contributed by atoms with Crippen LogP contribution in [0, 0.1) is 0 Å². The van der Waals surface area contributed by atoms with Crippen LogP contribution in [0.4, 0.5) is 0 Å². The number of carboxylic acids is 2. The fourth-order valence-corrected chi connectivity index (χ4v) is 7.05. The van der Waals surface area contributed by atoms with Crippen molar-refractivity contribution in [1.82, 2.24) is 0 Å². The van der Waals surface area contributed by atoms with E-state index in [2.05, 4.69) is 13.8 Å². The van der Waals surface area contributed by atoms with Gasteiger partial charge in [-0.25, -0.2) is 0 Å². The van der Waals surface area contributed by atoms with Crippen molar-refractivity contribution in [3.63, 3.8) is 0 Å². The van der Waals surface area contributed by atoms with Crippen LogP contribution in [0.5, 0.6) is 0 Å². The molecule has 0 spiro atoms. The summed E-state index contributed by atoms with van der Waals surface area (Å²) in [6.07, 6.45) is 54.4. The molecule has 0 aliphatic carbocycles. The molecule has 0 rings (SSSR count). The molecule has 0 aromatic carbocycles. The Morgan fingerprint density at radius 1 is 0.255 bits per heavy atom. The summed E-state index contributed by atoms with van der Waals surface area (Å²) in [6, 6.07) is 0. The first-order valence-electron chi connectivity index (χ1n) is 22.9. The molecule has 0 saturated carbocycles. The minimum atomic E-state index is -0.901. The van der Waals surface area contributed by atoms with Crippen LogP contribution in [-0.4, -0.2) is 57.4 Å². The number of hydrogen-bond acceptors (Lipinski definition) is 4. The van der Waals surface area contributed by atoms with Crippen LogP contribution >= 0.6 is 0 Å². The topological polar surface area (TPSA) is 80.3 Å². The smallest absolute Gasteiger partial charge is 0.550 e. The molecule has 0 N–H and O–H groups in total. The van der Waals surface area contributed by atoms with E-state index in [1.54, 1.807) is 0 Å². The third-order valence-corrected chi connectivity index (χ3v) is 10.5. The number of carbonyl (C=O) groups excluding carboxylic acids is 2. The van der Waals surface area contributed by atoms with Crippen molar-refractivity contribution >= 4 is 57.4 Å². The molecule has 0 atom stereocenters. The molecule has 0 heterocycles. The summed E-state index contributed by atoms with van der Waals surface area (Å²) in [5.74, 6) is -1.80. The number of aliphatic carboxylic acids is 2. The zero-order chi connectivity index (χ0) is 36.9. The summed E-state index contributed by atoms with van der Waals surface area (Å²) < 4.78 is 0. The first-order chi connectivity index (χ1) is 24.5. The summed E-state index contributed by atoms with van der Waals surface area (Å²) in [6.45, 7) is 4.57. The first-order valence-corrected chi connectivity index (χ1v) is 22.9. The molecule has 0 amide bonds. The summed E-state index contributed by atoms with van der Waals surface area (Å²) in [4.78, 5) is 20.6. The third-order valence-electron chi connectivity index (χ3n) is 10.5. The summed E-state index contributed by atoms with van der Waals surface area (Å²) in [5.41, 5.74) is 0. The van der Waals surface area contributed by atoms with E-state index < -0.39 is 11.9 Å². The van der Waals surface area contributed by atoms with Crippen LogP contribution in [0.2, 0.25) is 0 Å². The summed E-state index contributed by atoms with van der Waals surface area (Å²) in [5, 5.41) is 20.6. The van der Waals surface area contributed by atoms with Gasteiger partial charge in [-0.2, -0.15) is 0 Å². The molecule has 5 heteroatoms. The fourth-order valence-electron chi connectivity index (χ4n) is 7.05. The van der Waals surface area contributed by atoms with Crippen molar-refractivity contribution in [3.05, 3.63) is 0 Å². The van der Waals surface area contributed by atoms with E-state index in [0.717, 1.165) is 25.7 Å². The molecular formula is C46H90O4Sr. The second kappa shape index (κ2) is 52.5. The average molecular weight is 795 g/mol. The van der Waals surface area contributed by atoms with Gasteiger partial charge in [0.1, 0.15) is 0 Å². The predicted octanol–water partition coefficient (Wildman–Crippen LogP) is 13.5. The van der Waals surface area contributed by atoms with Gasteiger partial charge in [-0.05, 0) is 25.7 Å². The molecule has 300 valence electrons. The van der Waals surface area contributed by atoms with Crippen LogP contribution in [0.1, 0.15) is 284 Å². The Bertz CT molecular complexity index is 587. The van der Waals surface area contributed by atoms with Crippen molar-refractivity contribution < 1.29 is 19.8 Å². The molecule has 0 aliphatic heterocycles. The Morgan fingerprint density at radius 2 is 0.373 bits per heavy atom. The van der Waals surface area contributed by atoms with E-state index in [0.29, 0.717) is 0 Å². The van der Waals surface area contributed by atoms with Gasteiger partial charge in [0, 0.05) is 11.9 Å². The molecule has 0 saturated heterocycles. The maximum absolute atomic E-state index is 10.3. The predicted molar refractivity (Wildman–Crippen MR) is 221 cm³/mol. The van der Waals surface area contributed by atoms with E-state index in [1.807, 2.05) is 0 Å². The van der Waals surface area contributed by atoms with Gasteiger partial charge in [-0.3, -0.25) is 0 Å². The zero-order valence-electron chi connectivity index (χ0n) is 35.0. The molecule has 0 fully saturated rings. The largest absolute Gasteiger partial charge is 2.00 e. The molecule has 0 bridgehead atoms. The molecule has 4 nitrogen and oxygen atoms in total. The first kappa shape index (κ1) is 55.8. The van der Waals surface area contributed by atoms with Gasteiger partial charge in [0.25, 0.3) is 0 Å². The normalized spacial score (nSPS) is 10.9. The van der Waals surface area contributed by atoms with Gasteiger partial charge in [-0.15, -0.1) is 0 Å². The van der Waals surface area contributed by atoms with Crippen molar-refractivity contribution in [1.29, 1.82) is 0 Å². The van der Waals surface area contributed by atoms with Crippen molar-refractivity contribution in [3.8, 4) is 0 Å². The van der Waals surface area contributed by atoms with Crippen LogP contribution in [0.3, 0.4) is 0 Å². The minimum Gasteiger partial charge on any atom is -0.550 e. The van der Waals surface area contributed by atoms with E-state index in [-0.39, 0.29) is 58.3 Å². The summed E-state index contributed by atoms with van der Waals surface area (Å²) >= 11 is 0. The molecule has 0 aromatic rings.